The molecule has 32 valence electrons. The van der Waals surface area contributed by atoms with Crippen molar-refractivity contribution in [3.05, 3.63) is 11.6 Å². The summed E-state index contributed by atoms with van der Waals surface area (Å²) in [6, 6.07) is 0. The minimum absolute atomic E-state index is 0.167. The van der Waals surface area contributed by atoms with Crippen LogP contribution in [-0.2, 0) is 0 Å². The maximum Gasteiger partial charge on any atom is 0.0449 e. The Labute approximate surface area is 36.8 Å². The Morgan fingerprint density at radius 3 is 2.33 bits per heavy atom. The third-order valence-electron chi connectivity index (χ3n) is 1.76. The van der Waals surface area contributed by atoms with E-state index in [1.165, 1.54) is 5.57 Å². The van der Waals surface area contributed by atoms with Crippen LogP contribution in [0.15, 0.2) is 11.6 Å². The Kier molecular flexibility index (Phi) is 0.186. The van der Waals surface area contributed by atoms with E-state index in [0.29, 0.717) is 0 Å². The van der Waals surface area contributed by atoms with Gasteiger partial charge in [-0.25, -0.2) is 0 Å². The number of hydrogen-bond acceptors (Lipinski definition) is 1. The van der Waals surface area contributed by atoms with Crippen molar-refractivity contribution in [1.82, 2.24) is 0 Å². The summed E-state index contributed by atoms with van der Waals surface area (Å²) in [6.45, 7) is 2.08. The molecule has 0 bridgehead atoms. The van der Waals surface area contributed by atoms with E-state index in [9.17, 15) is 0 Å². The van der Waals surface area contributed by atoms with Crippen molar-refractivity contribution in [3.8, 4) is 0 Å². The van der Waals surface area contributed by atoms with Gasteiger partial charge in [0, 0.05) is 11.5 Å². The van der Waals surface area contributed by atoms with Crippen LogP contribution in [-0.4, -0.2) is 5.54 Å². The van der Waals surface area contributed by atoms with E-state index >= 15 is 0 Å². The molecule has 2 atom stereocenters. The van der Waals surface area contributed by atoms with E-state index in [2.05, 4.69) is 13.0 Å². The Morgan fingerprint density at radius 2 is 2.33 bits per heavy atom. The largest absolute Gasteiger partial charge is 0.321 e. The lowest BCUT2D eigenvalue weighted by Gasteiger charge is -1.98. The van der Waals surface area contributed by atoms with Crippen LogP contribution in [0.5, 0.6) is 0 Å². The Morgan fingerprint density at radius 1 is 2.00 bits per heavy atom. The number of rotatable bonds is 0. The summed E-state index contributed by atoms with van der Waals surface area (Å²) in [4.78, 5) is 0. The van der Waals surface area contributed by atoms with E-state index in [1.807, 2.05) is 0 Å². The van der Waals surface area contributed by atoms with Gasteiger partial charge in [-0.2, -0.15) is 0 Å². The summed E-state index contributed by atoms with van der Waals surface area (Å²) in [5.74, 6) is 0.734. The molecule has 0 aromatic heterocycles. The van der Waals surface area contributed by atoms with E-state index < -0.39 is 0 Å². The molecule has 0 aliphatic heterocycles. The predicted octanol–water partition coefficient (Wildman–Crippen LogP) is 0.274. The number of fused-ring (bicyclic) bond motifs is 1. The third kappa shape index (κ3) is 0.109. The van der Waals surface area contributed by atoms with Crippen molar-refractivity contribution in [2.45, 2.75) is 12.5 Å². The molecule has 2 rings (SSSR count). The number of nitrogens with two attached hydrogens (primary N) is 1. The lowest BCUT2D eigenvalue weighted by molar-refractivity contribution is 0.709. The minimum atomic E-state index is 0.167. The molecular formula is C5H7N. The first-order valence-corrected chi connectivity index (χ1v) is 2.24. The molecule has 1 saturated carbocycles. The lowest BCUT2D eigenvalue weighted by atomic mass is 10.2. The zero-order valence-corrected chi connectivity index (χ0v) is 3.73. The van der Waals surface area contributed by atoms with Crippen LogP contribution < -0.4 is 5.73 Å². The second-order valence-corrected chi connectivity index (χ2v) is 2.38. The second-order valence-electron chi connectivity index (χ2n) is 2.38. The van der Waals surface area contributed by atoms with E-state index in [0.717, 1.165) is 5.92 Å². The highest BCUT2D eigenvalue weighted by Crippen LogP contribution is 2.61. The van der Waals surface area contributed by atoms with Gasteiger partial charge in [0.25, 0.3) is 0 Å². The second kappa shape index (κ2) is 0.399. The molecule has 2 N–H and O–H groups in total. The van der Waals surface area contributed by atoms with E-state index in [1.54, 1.807) is 0 Å². The summed E-state index contributed by atoms with van der Waals surface area (Å²) in [6.07, 6.45) is 2.21. The fourth-order valence-corrected chi connectivity index (χ4v) is 0.903. The summed E-state index contributed by atoms with van der Waals surface area (Å²) in [5.41, 5.74) is 7.23. The first-order valence-electron chi connectivity index (χ1n) is 2.24. The molecule has 2 unspecified atom stereocenters. The summed E-state index contributed by atoms with van der Waals surface area (Å²) in [7, 11) is 0. The molecule has 2 aliphatic rings. The average molecular weight is 81.1 g/mol. The Balaban J connectivity index is 2.39. The first kappa shape index (κ1) is 2.80. The molecule has 0 aromatic carbocycles. The molecule has 0 aromatic rings. The van der Waals surface area contributed by atoms with Crippen LogP contribution >= 0.6 is 0 Å². The van der Waals surface area contributed by atoms with Crippen molar-refractivity contribution in [3.63, 3.8) is 0 Å². The van der Waals surface area contributed by atoms with Crippen LogP contribution in [0, 0.1) is 5.92 Å². The predicted molar refractivity (Wildman–Crippen MR) is 24.2 cm³/mol. The van der Waals surface area contributed by atoms with Crippen molar-refractivity contribution in [2.75, 3.05) is 0 Å². The molecule has 0 radical (unpaired) electrons. The average Bonchev–Trinajstić information content (AvgIpc) is 2.13. The lowest BCUT2D eigenvalue weighted by Crippen LogP contribution is -2.22. The fourth-order valence-electron chi connectivity index (χ4n) is 0.903. The minimum Gasteiger partial charge on any atom is -0.321 e. The molecule has 1 fully saturated rings. The van der Waals surface area contributed by atoms with Gasteiger partial charge in [-0.3, -0.25) is 0 Å². The first-order chi connectivity index (χ1) is 2.73. The molecule has 1 heteroatoms. The smallest absolute Gasteiger partial charge is 0.0449 e. The van der Waals surface area contributed by atoms with Gasteiger partial charge < -0.3 is 5.73 Å². The van der Waals surface area contributed by atoms with Gasteiger partial charge in [0.15, 0.2) is 0 Å². The van der Waals surface area contributed by atoms with E-state index in [-0.39, 0.29) is 5.54 Å². The van der Waals surface area contributed by atoms with Gasteiger partial charge in [-0.1, -0.05) is 6.08 Å². The topological polar surface area (TPSA) is 26.0 Å². The van der Waals surface area contributed by atoms with Crippen LogP contribution in [0.4, 0.5) is 0 Å². The zero-order chi connectivity index (χ0) is 4.36. The van der Waals surface area contributed by atoms with Crippen molar-refractivity contribution >= 4 is 0 Å². The molecule has 2 aliphatic carbocycles. The van der Waals surface area contributed by atoms with Crippen LogP contribution in [0.1, 0.15) is 6.92 Å². The van der Waals surface area contributed by atoms with Gasteiger partial charge in [0.2, 0.25) is 0 Å². The van der Waals surface area contributed by atoms with Gasteiger partial charge in [0.1, 0.15) is 0 Å². The van der Waals surface area contributed by atoms with Gasteiger partial charge >= 0.3 is 0 Å². The standard InChI is InChI=1S/C5H7N/c1-5(6)3-2-4(3)5/h2-3H,6H2,1H3. The van der Waals surface area contributed by atoms with Crippen molar-refractivity contribution in [1.29, 1.82) is 0 Å². The Bertz CT molecular complexity index is 133. The highest BCUT2D eigenvalue weighted by Gasteiger charge is 2.62. The van der Waals surface area contributed by atoms with Gasteiger partial charge in [0.05, 0.1) is 0 Å². The van der Waals surface area contributed by atoms with Crippen molar-refractivity contribution < 1.29 is 0 Å². The number of hydrogen-bond donors (Lipinski definition) is 1. The highest BCUT2D eigenvalue weighted by molar-refractivity contribution is 5.61. The van der Waals surface area contributed by atoms with Crippen molar-refractivity contribution in [2.24, 2.45) is 11.7 Å². The molecule has 0 amide bonds. The monoisotopic (exact) mass is 81.1 g/mol. The van der Waals surface area contributed by atoms with Crippen LogP contribution in [0.2, 0.25) is 0 Å². The summed E-state index contributed by atoms with van der Waals surface area (Å²) >= 11 is 0. The normalized spacial score (nSPS) is 59.7. The Hall–Kier alpha value is -0.300. The molecule has 6 heavy (non-hydrogen) atoms. The van der Waals surface area contributed by atoms with Gasteiger partial charge in [-0.05, 0) is 12.5 Å². The maximum absolute atomic E-state index is 5.59. The molecular weight excluding hydrogens is 74.1 g/mol. The molecule has 1 nitrogen and oxygen atoms in total. The molecule has 0 heterocycles. The fraction of sp³-hybridized carbons (Fsp3) is 0.600. The molecule has 0 spiro atoms. The van der Waals surface area contributed by atoms with E-state index in [4.69, 9.17) is 5.73 Å². The molecule has 0 saturated heterocycles. The summed E-state index contributed by atoms with van der Waals surface area (Å²) < 4.78 is 0. The third-order valence-corrected chi connectivity index (χ3v) is 1.76. The SMILES string of the molecule is CC1(N)C2=CC21. The highest BCUT2D eigenvalue weighted by atomic mass is 14.9. The summed E-state index contributed by atoms with van der Waals surface area (Å²) in [5, 5.41) is 0. The zero-order valence-electron chi connectivity index (χ0n) is 3.73. The quantitative estimate of drug-likeness (QED) is 0.416. The maximum atomic E-state index is 5.59. The van der Waals surface area contributed by atoms with Crippen LogP contribution in [0.3, 0.4) is 0 Å². The van der Waals surface area contributed by atoms with Crippen LogP contribution in [0.25, 0.3) is 0 Å². The van der Waals surface area contributed by atoms with Gasteiger partial charge in [-0.15, -0.1) is 0 Å².